The van der Waals surface area contributed by atoms with Gasteiger partial charge < -0.3 is 18.6 Å². The number of carbonyl (C=O) groups excluding carboxylic acids is 1. The van der Waals surface area contributed by atoms with Crippen LogP contribution in [0, 0.1) is 13.8 Å². The maximum Gasteiger partial charge on any atom is 0.311 e. The summed E-state index contributed by atoms with van der Waals surface area (Å²) in [5, 5.41) is 0.371. The van der Waals surface area contributed by atoms with Crippen LogP contribution in [0.3, 0.4) is 0 Å². The normalized spacial score (nSPS) is 13.1. The fourth-order valence-corrected chi connectivity index (χ4v) is 5.84. The second-order valence-corrected chi connectivity index (χ2v) is 12.0. The number of sulfonamides is 1. The van der Waals surface area contributed by atoms with Crippen LogP contribution >= 0.6 is 0 Å². The minimum atomic E-state index is -3.55. The molecular formula is C32H33NO8S. The van der Waals surface area contributed by atoms with Crippen LogP contribution in [-0.2, 0) is 14.8 Å². The summed E-state index contributed by atoms with van der Waals surface area (Å²) in [4.78, 5) is 26.1. The van der Waals surface area contributed by atoms with E-state index in [0.717, 1.165) is 12.0 Å². The molecule has 1 aliphatic rings. The van der Waals surface area contributed by atoms with Crippen molar-refractivity contribution < 1.29 is 31.8 Å². The molecule has 0 spiro atoms. The van der Waals surface area contributed by atoms with E-state index in [9.17, 15) is 18.0 Å². The summed E-state index contributed by atoms with van der Waals surface area (Å²) in [5.74, 6) is 1.54. The smallest absolute Gasteiger partial charge is 0.311 e. The Morgan fingerprint density at radius 1 is 0.905 bits per heavy atom. The number of hydrogen-bond donors (Lipinski definition) is 1. The van der Waals surface area contributed by atoms with E-state index in [-0.39, 0.29) is 29.0 Å². The van der Waals surface area contributed by atoms with Gasteiger partial charge in [0.15, 0.2) is 11.5 Å². The number of aryl methyl sites for hydroxylation is 2. The first-order chi connectivity index (χ1) is 20.2. The SMILES string of the molecule is Cc1ccc(S(=O)(=O)NCCCCCC(=O)Oc2ccc3c(=O)c(-c4ccc5c(c4)OCCCO5)c(C)oc3c2)cc1. The zero-order valence-electron chi connectivity index (χ0n) is 23.6. The molecule has 10 heteroatoms. The molecule has 0 bridgehead atoms. The van der Waals surface area contributed by atoms with E-state index in [4.69, 9.17) is 18.6 Å². The van der Waals surface area contributed by atoms with E-state index < -0.39 is 16.0 Å². The lowest BCUT2D eigenvalue weighted by Crippen LogP contribution is -2.24. The van der Waals surface area contributed by atoms with E-state index in [0.29, 0.717) is 71.8 Å². The average Bonchev–Trinajstić information content (AvgIpc) is 3.20. The van der Waals surface area contributed by atoms with Crippen LogP contribution in [0.2, 0.25) is 0 Å². The molecule has 1 aliphatic heterocycles. The Hall–Kier alpha value is -4.15. The van der Waals surface area contributed by atoms with E-state index in [2.05, 4.69) is 4.72 Å². The lowest BCUT2D eigenvalue weighted by molar-refractivity contribution is -0.134. The van der Waals surface area contributed by atoms with E-state index in [1.165, 1.54) is 0 Å². The number of carbonyl (C=O) groups is 1. The first-order valence-corrected chi connectivity index (χ1v) is 15.4. The van der Waals surface area contributed by atoms with Crippen molar-refractivity contribution in [3.05, 3.63) is 82.2 Å². The number of unbranched alkanes of at least 4 members (excludes halogenated alkanes) is 2. The van der Waals surface area contributed by atoms with Gasteiger partial charge in [-0.15, -0.1) is 0 Å². The van der Waals surface area contributed by atoms with Gasteiger partial charge in [-0.2, -0.15) is 0 Å². The lowest BCUT2D eigenvalue weighted by Gasteiger charge is -2.12. The predicted molar refractivity (Wildman–Crippen MR) is 159 cm³/mol. The molecule has 220 valence electrons. The summed E-state index contributed by atoms with van der Waals surface area (Å²) < 4.78 is 50.2. The molecule has 1 N–H and O–H groups in total. The lowest BCUT2D eigenvalue weighted by atomic mass is 10.0. The zero-order chi connectivity index (χ0) is 29.7. The third-order valence-corrected chi connectivity index (χ3v) is 8.47. The molecule has 0 amide bonds. The van der Waals surface area contributed by atoms with Crippen LogP contribution in [0.1, 0.15) is 43.4 Å². The molecule has 0 radical (unpaired) electrons. The minimum absolute atomic E-state index is 0.175. The fraction of sp³-hybridized carbons (Fsp3) is 0.312. The van der Waals surface area contributed by atoms with Crippen molar-refractivity contribution in [1.82, 2.24) is 4.72 Å². The number of benzene rings is 3. The molecule has 5 rings (SSSR count). The number of rotatable bonds is 10. The molecule has 0 unspecified atom stereocenters. The summed E-state index contributed by atoms with van der Waals surface area (Å²) in [6, 6.07) is 16.8. The molecule has 3 aromatic carbocycles. The molecule has 0 saturated heterocycles. The quantitative estimate of drug-likeness (QED) is 0.142. The van der Waals surface area contributed by atoms with Crippen molar-refractivity contribution in [3.63, 3.8) is 0 Å². The highest BCUT2D eigenvalue weighted by atomic mass is 32.2. The van der Waals surface area contributed by atoms with Crippen molar-refractivity contribution >= 4 is 27.0 Å². The van der Waals surface area contributed by atoms with Gasteiger partial charge in [0.2, 0.25) is 15.5 Å². The van der Waals surface area contributed by atoms with Gasteiger partial charge in [-0.05, 0) is 68.7 Å². The third kappa shape index (κ3) is 6.83. The van der Waals surface area contributed by atoms with Crippen molar-refractivity contribution in [2.45, 2.75) is 50.8 Å². The molecule has 4 aromatic rings. The van der Waals surface area contributed by atoms with Crippen molar-refractivity contribution in [2.75, 3.05) is 19.8 Å². The summed E-state index contributed by atoms with van der Waals surface area (Å²) in [6.45, 7) is 5.02. The highest BCUT2D eigenvalue weighted by Crippen LogP contribution is 2.35. The van der Waals surface area contributed by atoms with Gasteiger partial charge in [-0.25, -0.2) is 13.1 Å². The number of nitrogens with one attached hydrogen (secondary N) is 1. The fourth-order valence-electron chi connectivity index (χ4n) is 4.76. The van der Waals surface area contributed by atoms with Crippen molar-refractivity contribution in [2.24, 2.45) is 0 Å². The van der Waals surface area contributed by atoms with Crippen LogP contribution in [0.4, 0.5) is 0 Å². The van der Waals surface area contributed by atoms with Gasteiger partial charge in [0.05, 0.1) is 29.1 Å². The third-order valence-electron chi connectivity index (χ3n) is 6.99. The van der Waals surface area contributed by atoms with E-state index in [1.54, 1.807) is 61.5 Å². The molecule has 2 heterocycles. The van der Waals surface area contributed by atoms with Gasteiger partial charge in [0.25, 0.3) is 0 Å². The standard InChI is InChI=1S/C32H33NO8S/c1-21-8-12-25(13-9-21)42(36,37)33-16-5-3-4-7-30(34)41-24-11-14-26-28(20-24)40-22(2)31(32(26)35)23-10-15-27-29(19-23)39-18-6-17-38-27/h8-15,19-20,33H,3-7,16-18H2,1-2H3. The van der Waals surface area contributed by atoms with E-state index >= 15 is 0 Å². The van der Waals surface area contributed by atoms with Gasteiger partial charge in [0, 0.05) is 25.5 Å². The van der Waals surface area contributed by atoms with Gasteiger partial charge in [0.1, 0.15) is 17.1 Å². The second kappa shape index (κ2) is 12.8. The Morgan fingerprint density at radius 2 is 1.67 bits per heavy atom. The Bertz CT molecular complexity index is 1760. The van der Waals surface area contributed by atoms with Crippen LogP contribution in [-0.4, -0.2) is 34.1 Å². The number of hydrogen-bond acceptors (Lipinski definition) is 8. The highest BCUT2D eigenvalue weighted by molar-refractivity contribution is 7.89. The van der Waals surface area contributed by atoms with Crippen LogP contribution in [0.15, 0.2) is 74.8 Å². The Labute approximate surface area is 244 Å². The first kappa shape index (κ1) is 29.3. The van der Waals surface area contributed by atoms with Crippen LogP contribution in [0.5, 0.6) is 17.2 Å². The Kier molecular flexibility index (Phi) is 8.94. The monoisotopic (exact) mass is 591 g/mol. The largest absolute Gasteiger partial charge is 0.490 e. The number of ether oxygens (including phenoxy) is 3. The topological polar surface area (TPSA) is 121 Å². The van der Waals surface area contributed by atoms with Crippen LogP contribution in [0.25, 0.3) is 22.1 Å². The minimum Gasteiger partial charge on any atom is -0.490 e. The summed E-state index contributed by atoms with van der Waals surface area (Å²) >= 11 is 0. The predicted octanol–water partition coefficient (Wildman–Crippen LogP) is 5.68. The summed E-state index contributed by atoms with van der Waals surface area (Å²) in [6.07, 6.45) is 2.75. The average molecular weight is 592 g/mol. The molecule has 0 atom stereocenters. The maximum absolute atomic E-state index is 13.4. The second-order valence-electron chi connectivity index (χ2n) is 10.2. The first-order valence-electron chi connectivity index (χ1n) is 14.0. The molecule has 0 fully saturated rings. The highest BCUT2D eigenvalue weighted by Gasteiger charge is 2.18. The molecule has 42 heavy (non-hydrogen) atoms. The summed E-state index contributed by atoms with van der Waals surface area (Å²) in [7, 11) is -3.55. The van der Waals surface area contributed by atoms with Crippen molar-refractivity contribution in [1.29, 1.82) is 0 Å². The van der Waals surface area contributed by atoms with Crippen molar-refractivity contribution in [3.8, 4) is 28.4 Å². The maximum atomic E-state index is 13.4. The molecule has 0 saturated carbocycles. The molecule has 0 aliphatic carbocycles. The zero-order valence-corrected chi connectivity index (χ0v) is 24.4. The summed E-state index contributed by atoms with van der Waals surface area (Å²) in [5.41, 5.74) is 2.22. The number of esters is 1. The van der Waals surface area contributed by atoms with Crippen LogP contribution < -0.4 is 24.4 Å². The number of fused-ring (bicyclic) bond motifs is 2. The van der Waals surface area contributed by atoms with Gasteiger partial charge in [-0.1, -0.05) is 30.2 Å². The van der Waals surface area contributed by atoms with Gasteiger partial charge >= 0.3 is 5.97 Å². The molecular weight excluding hydrogens is 558 g/mol. The molecule has 9 nitrogen and oxygen atoms in total. The Morgan fingerprint density at radius 3 is 2.45 bits per heavy atom. The van der Waals surface area contributed by atoms with Gasteiger partial charge in [-0.3, -0.25) is 9.59 Å². The van der Waals surface area contributed by atoms with E-state index in [1.807, 2.05) is 13.0 Å². The Balaban J connectivity index is 1.16. The molecule has 1 aromatic heterocycles.